The molecule has 7 heteroatoms. The molecule has 0 radical (unpaired) electrons. The number of nitrogens with zero attached hydrogens (tertiary/aromatic N) is 3. The van der Waals surface area contributed by atoms with E-state index in [1.54, 1.807) is 30.7 Å². The highest BCUT2D eigenvalue weighted by atomic mass is 16.5. The van der Waals surface area contributed by atoms with Crippen molar-refractivity contribution in [3.8, 4) is 5.88 Å². The fourth-order valence-electron chi connectivity index (χ4n) is 2.26. The van der Waals surface area contributed by atoms with Gasteiger partial charge in [-0.25, -0.2) is 4.98 Å². The summed E-state index contributed by atoms with van der Waals surface area (Å²) < 4.78 is 12.2. The molecule has 110 valence electrons. The van der Waals surface area contributed by atoms with Gasteiger partial charge in [0.05, 0.1) is 31.6 Å². The SMILES string of the molecule is COc1ncccc1C(=O)Nc1cnn([C@@H]2CCOC2)c1. The highest BCUT2D eigenvalue weighted by Gasteiger charge is 2.19. The molecule has 0 spiro atoms. The first-order valence-corrected chi connectivity index (χ1v) is 6.70. The number of nitrogens with one attached hydrogen (secondary N) is 1. The zero-order valence-corrected chi connectivity index (χ0v) is 11.7. The number of aromatic nitrogens is 3. The lowest BCUT2D eigenvalue weighted by Gasteiger charge is -2.08. The van der Waals surface area contributed by atoms with Crippen LogP contribution in [0.4, 0.5) is 5.69 Å². The van der Waals surface area contributed by atoms with Gasteiger partial charge in [0.15, 0.2) is 0 Å². The summed E-state index contributed by atoms with van der Waals surface area (Å²) in [7, 11) is 1.48. The molecular formula is C14H16N4O3. The molecule has 1 saturated heterocycles. The van der Waals surface area contributed by atoms with Gasteiger partial charge in [-0.05, 0) is 18.6 Å². The van der Waals surface area contributed by atoms with E-state index in [1.807, 2.05) is 4.68 Å². The molecule has 0 bridgehead atoms. The standard InChI is InChI=1S/C14H16N4O3/c1-20-14-12(3-2-5-15-14)13(19)17-10-7-16-18(8-10)11-4-6-21-9-11/h2-3,5,7-8,11H,4,6,9H2,1H3,(H,17,19)/t11-/m1/s1. The minimum atomic E-state index is -0.276. The van der Waals surface area contributed by atoms with Gasteiger partial charge >= 0.3 is 0 Å². The van der Waals surface area contributed by atoms with Crippen molar-refractivity contribution >= 4 is 11.6 Å². The Labute approximate surface area is 121 Å². The van der Waals surface area contributed by atoms with Crippen molar-refractivity contribution in [3.05, 3.63) is 36.3 Å². The van der Waals surface area contributed by atoms with Gasteiger partial charge in [0, 0.05) is 19.0 Å². The van der Waals surface area contributed by atoms with Crippen LogP contribution in [-0.2, 0) is 4.74 Å². The van der Waals surface area contributed by atoms with Gasteiger partial charge in [-0.2, -0.15) is 5.10 Å². The van der Waals surface area contributed by atoms with E-state index in [0.29, 0.717) is 23.7 Å². The topological polar surface area (TPSA) is 78.3 Å². The Morgan fingerprint density at radius 1 is 1.57 bits per heavy atom. The summed E-state index contributed by atoms with van der Waals surface area (Å²) in [6.07, 6.45) is 5.94. The number of pyridine rings is 1. The number of methoxy groups -OCH3 is 1. The Morgan fingerprint density at radius 3 is 3.24 bits per heavy atom. The van der Waals surface area contributed by atoms with Crippen LogP contribution in [0, 0.1) is 0 Å². The van der Waals surface area contributed by atoms with Crippen molar-refractivity contribution in [2.45, 2.75) is 12.5 Å². The van der Waals surface area contributed by atoms with E-state index >= 15 is 0 Å². The summed E-state index contributed by atoms with van der Waals surface area (Å²) in [5, 5.41) is 7.06. The number of hydrogen-bond acceptors (Lipinski definition) is 5. The third kappa shape index (κ3) is 2.87. The van der Waals surface area contributed by atoms with Crippen molar-refractivity contribution in [3.63, 3.8) is 0 Å². The zero-order chi connectivity index (χ0) is 14.7. The lowest BCUT2D eigenvalue weighted by atomic mass is 10.2. The number of amides is 1. The van der Waals surface area contributed by atoms with Gasteiger partial charge in [-0.1, -0.05) is 0 Å². The number of rotatable bonds is 4. The van der Waals surface area contributed by atoms with Crippen LogP contribution >= 0.6 is 0 Å². The molecule has 1 amide bonds. The lowest BCUT2D eigenvalue weighted by Crippen LogP contribution is -2.13. The van der Waals surface area contributed by atoms with Crippen LogP contribution in [0.25, 0.3) is 0 Å². The molecular weight excluding hydrogens is 272 g/mol. The van der Waals surface area contributed by atoms with E-state index < -0.39 is 0 Å². The Bertz CT molecular complexity index is 635. The second-order valence-corrected chi connectivity index (χ2v) is 4.74. The van der Waals surface area contributed by atoms with E-state index in [0.717, 1.165) is 13.0 Å². The molecule has 0 unspecified atom stereocenters. The first-order chi connectivity index (χ1) is 10.3. The second kappa shape index (κ2) is 5.92. The van der Waals surface area contributed by atoms with Crippen molar-refractivity contribution in [2.75, 3.05) is 25.6 Å². The summed E-state index contributed by atoms with van der Waals surface area (Å²) in [5.41, 5.74) is 1.02. The molecule has 1 fully saturated rings. The van der Waals surface area contributed by atoms with Crippen molar-refractivity contribution in [1.29, 1.82) is 0 Å². The Balaban J connectivity index is 1.72. The molecule has 7 nitrogen and oxygen atoms in total. The van der Waals surface area contributed by atoms with Gasteiger partial charge in [0.1, 0.15) is 5.56 Å². The zero-order valence-electron chi connectivity index (χ0n) is 11.7. The molecule has 0 aromatic carbocycles. The summed E-state index contributed by atoms with van der Waals surface area (Å²) in [6.45, 7) is 1.41. The van der Waals surface area contributed by atoms with Crippen LogP contribution in [0.5, 0.6) is 5.88 Å². The maximum Gasteiger partial charge on any atom is 0.261 e. The van der Waals surface area contributed by atoms with E-state index in [9.17, 15) is 4.79 Å². The maximum absolute atomic E-state index is 12.2. The van der Waals surface area contributed by atoms with E-state index in [4.69, 9.17) is 9.47 Å². The van der Waals surface area contributed by atoms with Crippen LogP contribution < -0.4 is 10.1 Å². The fraction of sp³-hybridized carbons (Fsp3) is 0.357. The maximum atomic E-state index is 12.2. The fourth-order valence-corrected chi connectivity index (χ4v) is 2.26. The van der Waals surface area contributed by atoms with Crippen LogP contribution in [0.3, 0.4) is 0 Å². The van der Waals surface area contributed by atoms with E-state index in [1.165, 1.54) is 7.11 Å². The predicted octanol–water partition coefficient (Wildman–Crippen LogP) is 1.50. The summed E-state index contributed by atoms with van der Waals surface area (Å²) in [5.74, 6) is 0.0220. The highest BCUT2D eigenvalue weighted by molar-refractivity contribution is 6.05. The summed E-state index contributed by atoms with van der Waals surface area (Å²) in [6, 6.07) is 3.59. The molecule has 1 N–H and O–H groups in total. The smallest absolute Gasteiger partial charge is 0.261 e. The number of carbonyl (C=O) groups is 1. The second-order valence-electron chi connectivity index (χ2n) is 4.74. The van der Waals surface area contributed by atoms with Crippen LogP contribution in [0.2, 0.25) is 0 Å². The Hall–Kier alpha value is -2.41. The van der Waals surface area contributed by atoms with E-state index in [2.05, 4.69) is 15.4 Å². The Morgan fingerprint density at radius 2 is 2.48 bits per heavy atom. The molecule has 2 aromatic rings. The molecule has 21 heavy (non-hydrogen) atoms. The Kier molecular flexibility index (Phi) is 3.83. The van der Waals surface area contributed by atoms with Gasteiger partial charge < -0.3 is 14.8 Å². The van der Waals surface area contributed by atoms with Crippen molar-refractivity contribution in [2.24, 2.45) is 0 Å². The number of carbonyl (C=O) groups excluding carboxylic acids is 1. The average molecular weight is 288 g/mol. The lowest BCUT2D eigenvalue weighted by molar-refractivity contribution is 0.102. The third-order valence-corrected chi connectivity index (χ3v) is 3.35. The van der Waals surface area contributed by atoms with Gasteiger partial charge in [-0.15, -0.1) is 0 Å². The van der Waals surface area contributed by atoms with Gasteiger partial charge in [0.25, 0.3) is 5.91 Å². The molecule has 1 aliphatic rings. The minimum Gasteiger partial charge on any atom is -0.480 e. The molecule has 3 rings (SSSR count). The first kappa shape index (κ1) is 13.6. The largest absolute Gasteiger partial charge is 0.480 e. The number of hydrogen-bond donors (Lipinski definition) is 1. The number of ether oxygens (including phenoxy) is 2. The van der Waals surface area contributed by atoms with Gasteiger partial charge in [0.2, 0.25) is 5.88 Å². The third-order valence-electron chi connectivity index (χ3n) is 3.35. The average Bonchev–Trinajstić information content (AvgIpc) is 3.17. The normalized spacial score (nSPS) is 17.7. The molecule has 3 heterocycles. The van der Waals surface area contributed by atoms with Crippen molar-refractivity contribution in [1.82, 2.24) is 14.8 Å². The predicted molar refractivity (Wildman–Crippen MR) is 75.4 cm³/mol. The van der Waals surface area contributed by atoms with Gasteiger partial charge in [-0.3, -0.25) is 9.48 Å². The van der Waals surface area contributed by atoms with Crippen LogP contribution in [-0.4, -0.2) is 41.0 Å². The number of anilines is 1. The van der Waals surface area contributed by atoms with Crippen molar-refractivity contribution < 1.29 is 14.3 Å². The summed E-state index contributed by atoms with van der Waals surface area (Å²) in [4.78, 5) is 16.2. The summed E-state index contributed by atoms with van der Waals surface area (Å²) >= 11 is 0. The quantitative estimate of drug-likeness (QED) is 0.922. The molecule has 0 aliphatic carbocycles. The molecule has 1 atom stereocenters. The first-order valence-electron chi connectivity index (χ1n) is 6.70. The molecule has 0 saturated carbocycles. The highest BCUT2D eigenvalue weighted by Crippen LogP contribution is 2.21. The minimum absolute atomic E-state index is 0.239. The molecule has 2 aromatic heterocycles. The monoisotopic (exact) mass is 288 g/mol. The van der Waals surface area contributed by atoms with Crippen LogP contribution in [0.15, 0.2) is 30.7 Å². The van der Waals surface area contributed by atoms with Crippen LogP contribution in [0.1, 0.15) is 22.8 Å². The molecule has 1 aliphatic heterocycles. The van der Waals surface area contributed by atoms with E-state index in [-0.39, 0.29) is 11.9 Å².